The molecule has 1 aromatic carbocycles. The molecule has 2 rings (SSSR count). The molecule has 3 heteroatoms. The molecule has 0 aromatic heterocycles. The standard InChI is InChI=1S/C27H41NO2/c1-3-5-6-7-8-9-10-11-12-16-20-25(17-4-2)28-26(23-30-27(28)29)22-21-24-18-14-13-15-19-24/h4,13-15,18-19,21-22,25-26H,2-3,5-12,16-17,20,23H2,1H3/b22-21+/t25-,26-/m1/s1. The maximum atomic E-state index is 12.4. The van der Waals surface area contributed by atoms with E-state index in [0.717, 1.165) is 24.8 Å². The SMILES string of the molecule is C=CC[C@H](CCCCCCCCCCCC)N1C(=O)OC[C@H]1/C=C/c1ccccc1. The van der Waals surface area contributed by atoms with Crippen LogP contribution in [0.2, 0.25) is 0 Å². The van der Waals surface area contributed by atoms with Gasteiger partial charge in [0.1, 0.15) is 6.61 Å². The van der Waals surface area contributed by atoms with Gasteiger partial charge in [0.2, 0.25) is 0 Å². The molecule has 1 saturated heterocycles. The predicted molar refractivity (Wildman–Crippen MR) is 128 cm³/mol. The molecule has 30 heavy (non-hydrogen) atoms. The number of ether oxygens (including phenoxy) is 1. The summed E-state index contributed by atoms with van der Waals surface area (Å²) in [4.78, 5) is 14.4. The van der Waals surface area contributed by atoms with Crippen LogP contribution in [0.15, 0.2) is 49.1 Å². The first-order chi connectivity index (χ1) is 14.8. The maximum absolute atomic E-state index is 12.4. The average molecular weight is 412 g/mol. The van der Waals surface area contributed by atoms with Gasteiger partial charge in [0, 0.05) is 6.04 Å². The molecule has 2 atom stereocenters. The quantitative estimate of drug-likeness (QED) is 0.205. The van der Waals surface area contributed by atoms with E-state index in [1.807, 2.05) is 29.2 Å². The van der Waals surface area contributed by atoms with E-state index in [-0.39, 0.29) is 18.2 Å². The van der Waals surface area contributed by atoms with E-state index in [0.29, 0.717) is 6.61 Å². The minimum atomic E-state index is -0.184. The monoisotopic (exact) mass is 411 g/mol. The minimum absolute atomic E-state index is 0.00535. The molecule has 1 amide bonds. The fourth-order valence-electron chi connectivity index (χ4n) is 4.23. The van der Waals surface area contributed by atoms with Gasteiger partial charge in [-0.1, -0.05) is 120 Å². The Balaban J connectivity index is 1.75. The third kappa shape index (κ3) is 8.77. The summed E-state index contributed by atoms with van der Waals surface area (Å²) in [5.41, 5.74) is 1.15. The van der Waals surface area contributed by atoms with E-state index in [4.69, 9.17) is 4.74 Å². The number of nitrogens with zero attached hydrogens (tertiary/aromatic N) is 1. The average Bonchev–Trinajstić information content (AvgIpc) is 3.13. The summed E-state index contributed by atoms with van der Waals surface area (Å²) in [6.07, 6.45) is 21.1. The molecule has 0 saturated carbocycles. The molecule has 1 aliphatic heterocycles. The largest absolute Gasteiger partial charge is 0.447 e. The summed E-state index contributed by atoms with van der Waals surface area (Å²) < 4.78 is 5.39. The third-order valence-electron chi connectivity index (χ3n) is 5.98. The fraction of sp³-hybridized carbons (Fsp3) is 0.593. The van der Waals surface area contributed by atoms with Crippen molar-refractivity contribution in [3.63, 3.8) is 0 Å². The van der Waals surface area contributed by atoms with E-state index < -0.39 is 0 Å². The molecule has 1 aromatic rings. The van der Waals surface area contributed by atoms with Crippen LogP contribution in [0.25, 0.3) is 6.08 Å². The Morgan fingerprint density at radius 1 is 1.03 bits per heavy atom. The molecular weight excluding hydrogens is 370 g/mol. The topological polar surface area (TPSA) is 29.5 Å². The molecule has 1 fully saturated rings. The Kier molecular flexibility index (Phi) is 12.0. The smallest absolute Gasteiger partial charge is 0.410 e. The zero-order chi connectivity index (χ0) is 21.4. The highest BCUT2D eigenvalue weighted by molar-refractivity contribution is 5.71. The third-order valence-corrected chi connectivity index (χ3v) is 5.98. The number of hydrogen-bond donors (Lipinski definition) is 0. The van der Waals surface area contributed by atoms with Gasteiger partial charge in [-0.2, -0.15) is 0 Å². The molecule has 3 nitrogen and oxygen atoms in total. The van der Waals surface area contributed by atoms with Crippen LogP contribution in [-0.2, 0) is 4.74 Å². The molecule has 1 heterocycles. The number of benzene rings is 1. The van der Waals surface area contributed by atoms with E-state index in [2.05, 4.69) is 37.8 Å². The van der Waals surface area contributed by atoms with Crippen LogP contribution < -0.4 is 0 Å². The second kappa shape index (κ2) is 14.9. The van der Waals surface area contributed by atoms with E-state index in [9.17, 15) is 4.79 Å². The molecule has 0 aliphatic carbocycles. The molecule has 0 radical (unpaired) electrons. The second-order valence-corrected chi connectivity index (χ2v) is 8.47. The van der Waals surface area contributed by atoms with Crippen LogP contribution in [0.3, 0.4) is 0 Å². The van der Waals surface area contributed by atoms with Gasteiger partial charge < -0.3 is 4.74 Å². The Hall–Kier alpha value is -2.03. The Morgan fingerprint density at radius 2 is 1.67 bits per heavy atom. The van der Waals surface area contributed by atoms with Crippen molar-refractivity contribution in [2.24, 2.45) is 0 Å². The fourth-order valence-corrected chi connectivity index (χ4v) is 4.23. The highest BCUT2D eigenvalue weighted by Crippen LogP contribution is 2.24. The summed E-state index contributed by atoms with van der Waals surface area (Å²) in [6, 6.07) is 10.4. The molecule has 0 bridgehead atoms. The van der Waals surface area contributed by atoms with Crippen molar-refractivity contribution in [1.82, 2.24) is 4.90 Å². The Labute approximate surface area is 184 Å². The molecule has 1 aliphatic rings. The normalized spacial score (nSPS) is 17.4. The van der Waals surface area contributed by atoms with Crippen molar-refractivity contribution in [2.45, 2.75) is 96.1 Å². The number of amides is 1. The van der Waals surface area contributed by atoms with Crippen LogP contribution in [0.5, 0.6) is 0 Å². The number of carbonyl (C=O) groups excluding carboxylic acids is 1. The number of carbonyl (C=O) groups is 1. The van der Waals surface area contributed by atoms with Crippen LogP contribution in [-0.4, -0.2) is 29.7 Å². The van der Waals surface area contributed by atoms with E-state index in [1.54, 1.807) is 0 Å². The minimum Gasteiger partial charge on any atom is -0.447 e. The number of unbranched alkanes of at least 4 members (excludes halogenated alkanes) is 9. The highest BCUT2D eigenvalue weighted by Gasteiger charge is 2.35. The number of cyclic esters (lactones) is 1. The summed E-state index contributed by atoms with van der Waals surface area (Å²) in [6.45, 7) is 6.62. The first-order valence-electron chi connectivity index (χ1n) is 12.1. The lowest BCUT2D eigenvalue weighted by Gasteiger charge is -2.29. The molecule has 0 unspecified atom stereocenters. The molecule has 166 valence electrons. The first-order valence-corrected chi connectivity index (χ1v) is 12.1. The first kappa shape index (κ1) is 24.2. The summed E-state index contributed by atoms with van der Waals surface area (Å²) in [5, 5.41) is 0. The van der Waals surface area contributed by atoms with Crippen molar-refractivity contribution in [3.05, 3.63) is 54.6 Å². The number of rotatable bonds is 16. The van der Waals surface area contributed by atoms with Crippen molar-refractivity contribution >= 4 is 12.2 Å². The van der Waals surface area contributed by atoms with Gasteiger partial charge in [0.05, 0.1) is 6.04 Å². The predicted octanol–water partition coefficient (Wildman–Crippen LogP) is 7.78. The Morgan fingerprint density at radius 3 is 2.30 bits per heavy atom. The van der Waals surface area contributed by atoms with Crippen LogP contribution in [0.1, 0.15) is 89.5 Å². The maximum Gasteiger partial charge on any atom is 0.410 e. The van der Waals surface area contributed by atoms with Crippen molar-refractivity contribution in [3.8, 4) is 0 Å². The summed E-state index contributed by atoms with van der Waals surface area (Å²) >= 11 is 0. The van der Waals surface area contributed by atoms with E-state index >= 15 is 0 Å². The zero-order valence-electron chi connectivity index (χ0n) is 18.9. The van der Waals surface area contributed by atoms with Crippen LogP contribution in [0.4, 0.5) is 4.79 Å². The summed E-state index contributed by atoms with van der Waals surface area (Å²) in [7, 11) is 0. The van der Waals surface area contributed by atoms with Gasteiger partial charge in [0.25, 0.3) is 0 Å². The second-order valence-electron chi connectivity index (χ2n) is 8.47. The molecular formula is C27H41NO2. The lowest BCUT2D eigenvalue weighted by atomic mass is 10.0. The molecule has 0 N–H and O–H groups in total. The van der Waals surface area contributed by atoms with Gasteiger partial charge in [-0.05, 0) is 18.4 Å². The van der Waals surface area contributed by atoms with Gasteiger partial charge in [-0.3, -0.25) is 4.90 Å². The van der Waals surface area contributed by atoms with Crippen molar-refractivity contribution in [2.75, 3.05) is 6.61 Å². The summed E-state index contributed by atoms with van der Waals surface area (Å²) in [5.74, 6) is 0. The van der Waals surface area contributed by atoms with Gasteiger partial charge in [0.15, 0.2) is 0 Å². The number of hydrogen-bond acceptors (Lipinski definition) is 2. The Bertz CT molecular complexity index is 625. The van der Waals surface area contributed by atoms with Crippen LogP contribution in [0, 0.1) is 0 Å². The van der Waals surface area contributed by atoms with Crippen molar-refractivity contribution < 1.29 is 9.53 Å². The van der Waals surface area contributed by atoms with Gasteiger partial charge >= 0.3 is 6.09 Å². The van der Waals surface area contributed by atoms with Gasteiger partial charge in [-0.25, -0.2) is 4.79 Å². The lowest BCUT2D eigenvalue weighted by molar-refractivity contribution is 0.143. The molecule has 0 spiro atoms. The lowest BCUT2D eigenvalue weighted by Crippen LogP contribution is -2.41. The van der Waals surface area contributed by atoms with Crippen LogP contribution >= 0.6 is 0 Å². The van der Waals surface area contributed by atoms with Crippen molar-refractivity contribution in [1.29, 1.82) is 0 Å². The highest BCUT2D eigenvalue weighted by atomic mass is 16.6. The van der Waals surface area contributed by atoms with E-state index in [1.165, 1.54) is 57.8 Å². The zero-order valence-corrected chi connectivity index (χ0v) is 18.9. The van der Waals surface area contributed by atoms with Gasteiger partial charge in [-0.15, -0.1) is 6.58 Å².